The van der Waals surface area contributed by atoms with Gasteiger partial charge < -0.3 is 5.32 Å². The number of tetrazole rings is 1. The molecule has 2 amide bonds. The highest BCUT2D eigenvalue weighted by Crippen LogP contribution is 2.33. The first-order valence-electron chi connectivity index (χ1n) is 11.9. The molecule has 1 aliphatic carbocycles. The number of carbonyl (C=O) groups excluding carboxylic acids is 2. The Morgan fingerprint density at radius 1 is 1.05 bits per heavy atom. The lowest BCUT2D eigenvalue weighted by Gasteiger charge is -2.31. The molecule has 2 aromatic carbocycles. The van der Waals surface area contributed by atoms with E-state index in [1.54, 1.807) is 18.2 Å². The molecule has 190 valence electrons. The van der Waals surface area contributed by atoms with Gasteiger partial charge >= 0.3 is 0 Å². The van der Waals surface area contributed by atoms with E-state index in [2.05, 4.69) is 20.7 Å². The van der Waals surface area contributed by atoms with Crippen LogP contribution in [-0.2, 0) is 16.1 Å². The largest absolute Gasteiger partial charge is 0.351 e. The zero-order valence-electron chi connectivity index (χ0n) is 19.8. The molecule has 5 rings (SSSR count). The van der Waals surface area contributed by atoms with E-state index in [9.17, 15) is 14.0 Å². The highest BCUT2D eigenvalue weighted by atomic mass is 32.1. The van der Waals surface area contributed by atoms with Crippen LogP contribution in [0.25, 0.3) is 11.4 Å². The monoisotopic (exact) mass is 522 g/mol. The van der Waals surface area contributed by atoms with E-state index in [0.717, 1.165) is 30.5 Å². The molecule has 1 fully saturated rings. The summed E-state index contributed by atoms with van der Waals surface area (Å²) in [7, 11) is 0. The Bertz CT molecular complexity index is 1370. The number of nitrogens with one attached hydrogen (secondary N) is 1. The predicted octanol–water partition coefficient (Wildman–Crippen LogP) is 4.51. The Hall–Kier alpha value is -3.99. The fourth-order valence-electron chi connectivity index (χ4n) is 4.46. The van der Waals surface area contributed by atoms with Gasteiger partial charge in [0.2, 0.25) is 11.7 Å². The molecule has 0 bridgehead atoms. The third-order valence-corrected chi connectivity index (χ3v) is 7.16. The van der Waals surface area contributed by atoms with E-state index in [4.69, 9.17) is 0 Å². The number of anilines is 1. The summed E-state index contributed by atoms with van der Waals surface area (Å²) >= 11 is 1.31. The predicted molar refractivity (Wildman–Crippen MR) is 135 cm³/mol. The van der Waals surface area contributed by atoms with Crippen LogP contribution >= 0.6 is 11.3 Å². The smallest absolute Gasteiger partial charge is 0.251 e. The number of carbonyl (C=O) groups is 2. The van der Waals surface area contributed by atoms with Crippen molar-refractivity contribution in [1.82, 2.24) is 25.5 Å². The standard InChI is InChI=1S/C26H24F2N6O2S/c27-18-13-11-17(12-14-18)25-30-32-33(31-25)16-23(35)34(21-9-4-3-8-20(21)28)24(22-10-5-15-37-22)26(36)29-19-6-1-2-7-19/h3-5,8-15,19,24H,1-2,6-7,16H2,(H,29,36)/t24-/m0/s1. The van der Waals surface area contributed by atoms with Crippen LogP contribution in [0, 0.1) is 11.6 Å². The van der Waals surface area contributed by atoms with Gasteiger partial charge in [-0.1, -0.05) is 31.0 Å². The lowest BCUT2D eigenvalue weighted by molar-refractivity contribution is -0.127. The Labute approximate surface area is 215 Å². The van der Waals surface area contributed by atoms with Gasteiger partial charge in [-0.2, -0.15) is 4.80 Å². The molecule has 0 saturated heterocycles. The molecule has 4 aromatic rings. The Morgan fingerprint density at radius 3 is 2.51 bits per heavy atom. The highest BCUT2D eigenvalue weighted by Gasteiger charge is 2.36. The van der Waals surface area contributed by atoms with Gasteiger partial charge in [-0.15, -0.1) is 21.5 Å². The van der Waals surface area contributed by atoms with Crippen molar-refractivity contribution in [3.05, 3.63) is 82.6 Å². The van der Waals surface area contributed by atoms with Gasteiger partial charge in [0.25, 0.3) is 5.91 Å². The first-order valence-corrected chi connectivity index (χ1v) is 12.8. The van der Waals surface area contributed by atoms with Crippen molar-refractivity contribution in [2.75, 3.05) is 4.90 Å². The van der Waals surface area contributed by atoms with Gasteiger partial charge in [0.1, 0.15) is 24.2 Å². The van der Waals surface area contributed by atoms with E-state index in [-0.39, 0.29) is 30.0 Å². The van der Waals surface area contributed by atoms with Crippen LogP contribution < -0.4 is 10.2 Å². The van der Waals surface area contributed by atoms with Gasteiger partial charge in [-0.05, 0) is 65.9 Å². The molecule has 1 aliphatic rings. The maximum atomic E-state index is 15.1. The van der Waals surface area contributed by atoms with Crippen LogP contribution in [0.3, 0.4) is 0 Å². The lowest BCUT2D eigenvalue weighted by atomic mass is 10.1. The number of nitrogens with zero attached hydrogens (tertiary/aromatic N) is 5. The number of rotatable bonds is 8. The summed E-state index contributed by atoms with van der Waals surface area (Å²) in [5.41, 5.74) is 0.504. The van der Waals surface area contributed by atoms with Crippen molar-refractivity contribution in [3.8, 4) is 11.4 Å². The fraction of sp³-hybridized carbons (Fsp3) is 0.269. The van der Waals surface area contributed by atoms with Crippen molar-refractivity contribution in [2.24, 2.45) is 0 Å². The summed E-state index contributed by atoms with van der Waals surface area (Å²) in [6, 6.07) is 13.9. The minimum Gasteiger partial charge on any atom is -0.351 e. The highest BCUT2D eigenvalue weighted by molar-refractivity contribution is 7.10. The summed E-state index contributed by atoms with van der Waals surface area (Å²) in [4.78, 5) is 30.2. The second-order valence-corrected chi connectivity index (χ2v) is 9.75. The van der Waals surface area contributed by atoms with Crippen LogP contribution in [-0.4, -0.2) is 38.1 Å². The molecule has 37 heavy (non-hydrogen) atoms. The second-order valence-electron chi connectivity index (χ2n) is 8.77. The van der Waals surface area contributed by atoms with E-state index in [0.29, 0.717) is 10.4 Å². The fourth-order valence-corrected chi connectivity index (χ4v) is 5.27. The average molecular weight is 523 g/mol. The number of halogens is 2. The molecular weight excluding hydrogens is 498 g/mol. The van der Waals surface area contributed by atoms with Gasteiger partial charge in [0.15, 0.2) is 0 Å². The van der Waals surface area contributed by atoms with Gasteiger partial charge in [0.05, 0.1) is 5.69 Å². The van der Waals surface area contributed by atoms with Crippen LogP contribution in [0.4, 0.5) is 14.5 Å². The van der Waals surface area contributed by atoms with Crippen molar-refractivity contribution in [2.45, 2.75) is 44.3 Å². The third-order valence-electron chi connectivity index (χ3n) is 6.23. The Kier molecular flexibility index (Phi) is 7.31. The molecule has 2 heterocycles. The van der Waals surface area contributed by atoms with Crippen molar-refractivity contribution in [3.63, 3.8) is 0 Å². The van der Waals surface area contributed by atoms with Crippen LogP contribution in [0.15, 0.2) is 66.0 Å². The molecule has 0 spiro atoms. The summed E-state index contributed by atoms with van der Waals surface area (Å²) in [6.07, 6.45) is 3.79. The van der Waals surface area contributed by atoms with E-state index < -0.39 is 23.6 Å². The summed E-state index contributed by atoms with van der Waals surface area (Å²) in [5, 5.41) is 17.0. The van der Waals surface area contributed by atoms with Crippen LogP contribution in [0.2, 0.25) is 0 Å². The topological polar surface area (TPSA) is 93.0 Å². The number of hydrogen-bond donors (Lipinski definition) is 1. The molecule has 1 N–H and O–H groups in total. The van der Waals surface area contributed by atoms with E-state index in [1.807, 2.05) is 5.38 Å². The normalized spacial score (nSPS) is 14.4. The van der Waals surface area contributed by atoms with E-state index >= 15 is 4.39 Å². The molecule has 0 unspecified atom stereocenters. The maximum absolute atomic E-state index is 15.1. The summed E-state index contributed by atoms with van der Waals surface area (Å²) in [6.45, 7) is -0.388. The van der Waals surface area contributed by atoms with Gasteiger partial charge in [0, 0.05) is 16.5 Å². The first-order chi connectivity index (χ1) is 18.0. The minimum absolute atomic E-state index is 0.0165. The molecular formula is C26H24F2N6O2S. The Morgan fingerprint density at radius 2 is 1.81 bits per heavy atom. The number of hydrogen-bond acceptors (Lipinski definition) is 6. The molecule has 11 heteroatoms. The van der Waals surface area contributed by atoms with Crippen LogP contribution in [0.1, 0.15) is 36.6 Å². The quantitative estimate of drug-likeness (QED) is 0.368. The number of para-hydroxylation sites is 1. The average Bonchev–Trinajstić information content (AvgIpc) is 3.67. The molecule has 2 aromatic heterocycles. The van der Waals surface area contributed by atoms with Crippen molar-refractivity contribution < 1.29 is 18.4 Å². The Balaban J connectivity index is 1.48. The second kappa shape index (κ2) is 11.0. The number of thiophene rings is 1. The maximum Gasteiger partial charge on any atom is 0.251 e. The molecule has 0 aliphatic heterocycles. The van der Waals surface area contributed by atoms with Gasteiger partial charge in [-0.3, -0.25) is 14.5 Å². The molecule has 1 atom stereocenters. The molecule has 1 saturated carbocycles. The van der Waals surface area contributed by atoms with Crippen LogP contribution in [0.5, 0.6) is 0 Å². The zero-order valence-corrected chi connectivity index (χ0v) is 20.6. The van der Waals surface area contributed by atoms with Crippen molar-refractivity contribution >= 4 is 28.8 Å². The van der Waals surface area contributed by atoms with Gasteiger partial charge in [-0.25, -0.2) is 8.78 Å². The lowest BCUT2D eigenvalue weighted by Crippen LogP contribution is -2.47. The van der Waals surface area contributed by atoms with Crippen molar-refractivity contribution in [1.29, 1.82) is 0 Å². The number of amides is 2. The molecule has 8 nitrogen and oxygen atoms in total. The number of aromatic nitrogens is 4. The zero-order chi connectivity index (χ0) is 25.8. The molecule has 0 radical (unpaired) electrons. The van der Waals surface area contributed by atoms with E-state index in [1.165, 1.54) is 58.7 Å². The number of benzene rings is 2. The third kappa shape index (κ3) is 5.56. The minimum atomic E-state index is -1.08. The first kappa shape index (κ1) is 24.7. The SMILES string of the molecule is O=C(NC1CCCC1)[C@H](c1cccs1)N(C(=O)Cn1nnc(-c2ccc(F)cc2)n1)c1ccccc1F. The summed E-state index contributed by atoms with van der Waals surface area (Å²) in [5.74, 6) is -1.79. The summed E-state index contributed by atoms with van der Waals surface area (Å²) < 4.78 is 28.3.